The van der Waals surface area contributed by atoms with Crippen molar-refractivity contribution in [3.63, 3.8) is 0 Å². The monoisotopic (exact) mass is 332 g/mol. The zero-order valence-corrected chi connectivity index (χ0v) is 13.2. The first kappa shape index (κ1) is 15.5. The summed E-state index contributed by atoms with van der Waals surface area (Å²) in [5.74, 6) is -0.638. The summed E-state index contributed by atoms with van der Waals surface area (Å²) in [7, 11) is -3.76. The van der Waals surface area contributed by atoms with Crippen LogP contribution in [0.5, 0.6) is 0 Å². The van der Waals surface area contributed by atoms with Crippen LogP contribution in [0.4, 0.5) is 5.69 Å². The number of hydroxylamine groups is 1. The predicted octanol–water partition coefficient (Wildman–Crippen LogP) is 2.14. The van der Waals surface area contributed by atoms with Crippen LogP contribution >= 0.6 is 0 Å². The fraction of sp³-hybridized carbons (Fsp3) is 0.188. The molecule has 0 aromatic heterocycles. The number of amides is 1. The van der Waals surface area contributed by atoms with Gasteiger partial charge in [0.05, 0.1) is 23.0 Å². The topological polar surface area (TPSA) is 86.7 Å². The lowest BCUT2D eigenvalue weighted by Crippen LogP contribution is -2.32. The number of rotatable bonds is 3. The SMILES string of the molecule is Cc1cccc2c1S(=O)(=O)N(c1ccccc1)C2CC(=O)NO. The third-order valence-corrected chi connectivity index (χ3v) is 5.97. The van der Waals surface area contributed by atoms with Gasteiger partial charge in [-0.2, -0.15) is 0 Å². The highest BCUT2D eigenvalue weighted by Gasteiger charge is 2.44. The van der Waals surface area contributed by atoms with Crippen molar-refractivity contribution in [1.29, 1.82) is 0 Å². The number of hydrogen-bond donors (Lipinski definition) is 2. The largest absolute Gasteiger partial charge is 0.289 e. The molecule has 2 aromatic carbocycles. The van der Waals surface area contributed by atoms with E-state index in [0.29, 0.717) is 16.8 Å². The first-order valence-electron chi connectivity index (χ1n) is 7.08. The Hall–Kier alpha value is -2.38. The Bertz CT molecular complexity index is 850. The summed E-state index contributed by atoms with van der Waals surface area (Å²) < 4.78 is 27.3. The summed E-state index contributed by atoms with van der Waals surface area (Å²) in [6.07, 6.45) is -0.166. The molecule has 1 aliphatic heterocycles. The van der Waals surface area contributed by atoms with Crippen LogP contribution < -0.4 is 9.79 Å². The zero-order valence-electron chi connectivity index (χ0n) is 12.4. The average molecular weight is 332 g/mol. The van der Waals surface area contributed by atoms with Gasteiger partial charge in [0.2, 0.25) is 5.91 Å². The van der Waals surface area contributed by atoms with Crippen molar-refractivity contribution in [3.05, 3.63) is 59.7 Å². The molecule has 23 heavy (non-hydrogen) atoms. The van der Waals surface area contributed by atoms with Crippen LogP contribution in [-0.2, 0) is 14.8 Å². The van der Waals surface area contributed by atoms with Crippen LogP contribution in [-0.4, -0.2) is 19.5 Å². The van der Waals surface area contributed by atoms with Crippen LogP contribution in [0.3, 0.4) is 0 Å². The molecular weight excluding hydrogens is 316 g/mol. The van der Waals surface area contributed by atoms with Crippen molar-refractivity contribution in [2.24, 2.45) is 0 Å². The van der Waals surface area contributed by atoms with E-state index in [1.54, 1.807) is 60.9 Å². The number of fused-ring (bicyclic) bond motifs is 1. The van der Waals surface area contributed by atoms with Gasteiger partial charge < -0.3 is 0 Å². The number of anilines is 1. The fourth-order valence-electron chi connectivity index (χ4n) is 2.99. The van der Waals surface area contributed by atoms with Gasteiger partial charge in [-0.05, 0) is 30.2 Å². The molecule has 1 unspecified atom stereocenters. The smallest absolute Gasteiger partial charge is 0.265 e. The highest BCUT2D eigenvalue weighted by Crippen LogP contribution is 2.45. The van der Waals surface area contributed by atoms with E-state index in [9.17, 15) is 13.2 Å². The molecule has 0 saturated heterocycles. The second kappa shape index (κ2) is 5.68. The lowest BCUT2D eigenvalue weighted by molar-refractivity contribution is -0.129. The molecule has 0 radical (unpaired) electrons. The Morgan fingerprint density at radius 3 is 2.52 bits per heavy atom. The van der Waals surface area contributed by atoms with Crippen molar-refractivity contribution in [2.75, 3.05) is 4.31 Å². The fourth-order valence-corrected chi connectivity index (χ4v) is 5.09. The average Bonchev–Trinajstić information content (AvgIpc) is 2.76. The van der Waals surface area contributed by atoms with E-state index in [1.165, 1.54) is 4.31 Å². The number of nitrogens with zero attached hydrogens (tertiary/aromatic N) is 1. The minimum atomic E-state index is -3.76. The lowest BCUT2D eigenvalue weighted by atomic mass is 10.0. The Labute approximate surface area is 134 Å². The number of hydrogen-bond acceptors (Lipinski definition) is 4. The number of aryl methyl sites for hydroxylation is 1. The normalized spacial score (nSPS) is 18.5. The summed E-state index contributed by atoms with van der Waals surface area (Å²) in [5, 5.41) is 8.82. The molecule has 7 heteroatoms. The Morgan fingerprint density at radius 2 is 1.87 bits per heavy atom. The predicted molar refractivity (Wildman–Crippen MR) is 84.6 cm³/mol. The van der Waals surface area contributed by atoms with Gasteiger partial charge >= 0.3 is 0 Å². The molecule has 0 bridgehead atoms. The van der Waals surface area contributed by atoms with Crippen molar-refractivity contribution < 1.29 is 18.4 Å². The number of carbonyl (C=O) groups is 1. The highest BCUT2D eigenvalue weighted by atomic mass is 32.2. The molecule has 0 aliphatic carbocycles. The van der Waals surface area contributed by atoms with Crippen molar-refractivity contribution >= 4 is 21.6 Å². The maximum atomic E-state index is 13.0. The molecule has 1 amide bonds. The summed E-state index contributed by atoms with van der Waals surface area (Å²) in [5.41, 5.74) is 3.26. The number of carbonyl (C=O) groups excluding carboxylic acids is 1. The van der Waals surface area contributed by atoms with Gasteiger partial charge in [-0.25, -0.2) is 13.9 Å². The molecule has 0 spiro atoms. The van der Waals surface area contributed by atoms with Gasteiger partial charge in [-0.1, -0.05) is 36.4 Å². The van der Waals surface area contributed by atoms with Gasteiger partial charge in [0.1, 0.15) is 0 Å². The van der Waals surface area contributed by atoms with Gasteiger partial charge in [-0.3, -0.25) is 14.3 Å². The molecule has 0 saturated carbocycles. The minimum absolute atomic E-state index is 0.166. The third-order valence-electron chi connectivity index (χ3n) is 3.92. The van der Waals surface area contributed by atoms with Crippen molar-refractivity contribution in [1.82, 2.24) is 5.48 Å². The second-order valence-electron chi connectivity index (χ2n) is 5.38. The summed E-state index contributed by atoms with van der Waals surface area (Å²) in [6.45, 7) is 1.73. The molecule has 1 aliphatic rings. The van der Waals surface area contributed by atoms with E-state index in [4.69, 9.17) is 5.21 Å². The minimum Gasteiger partial charge on any atom is -0.289 e. The molecule has 2 N–H and O–H groups in total. The molecule has 2 aromatic rings. The van der Waals surface area contributed by atoms with Gasteiger partial charge in [0.25, 0.3) is 10.0 Å². The first-order chi connectivity index (χ1) is 11.0. The van der Waals surface area contributed by atoms with E-state index in [2.05, 4.69) is 0 Å². The van der Waals surface area contributed by atoms with Crippen LogP contribution in [0.15, 0.2) is 53.4 Å². The molecule has 3 rings (SSSR count). The van der Waals surface area contributed by atoms with Crippen molar-refractivity contribution in [3.8, 4) is 0 Å². The molecule has 120 valence electrons. The van der Waals surface area contributed by atoms with Crippen LogP contribution in [0.1, 0.15) is 23.6 Å². The lowest BCUT2D eigenvalue weighted by Gasteiger charge is -2.25. The third kappa shape index (κ3) is 2.47. The summed E-state index contributed by atoms with van der Waals surface area (Å²) >= 11 is 0. The maximum Gasteiger partial charge on any atom is 0.265 e. The van der Waals surface area contributed by atoms with E-state index in [0.717, 1.165) is 0 Å². The molecule has 1 atom stereocenters. The van der Waals surface area contributed by atoms with E-state index < -0.39 is 22.0 Å². The Kier molecular flexibility index (Phi) is 3.83. The van der Waals surface area contributed by atoms with Gasteiger partial charge in [0, 0.05) is 0 Å². The van der Waals surface area contributed by atoms with Gasteiger partial charge in [-0.15, -0.1) is 0 Å². The van der Waals surface area contributed by atoms with E-state index in [1.807, 2.05) is 0 Å². The quantitative estimate of drug-likeness (QED) is 0.666. The highest BCUT2D eigenvalue weighted by molar-refractivity contribution is 7.93. The molecule has 0 fully saturated rings. The van der Waals surface area contributed by atoms with Gasteiger partial charge in [0.15, 0.2) is 0 Å². The number of para-hydroxylation sites is 1. The van der Waals surface area contributed by atoms with Crippen LogP contribution in [0.2, 0.25) is 0 Å². The zero-order chi connectivity index (χ0) is 16.6. The van der Waals surface area contributed by atoms with E-state index >= 15 is 0 Å². The first-order valence-corrected chi connectivity index (χ1v) is 8.52. The molecule has 6 nitrogen and oxygen atoms in total. The number of benzene rings is 2. The number of nitrogens with one attached hydrogen (secondary N) is 1. The summed E-state index contributed by atoms with van der Waals surface area (Å²) in [4.78, 5) is 11.9. The van der Waals surface area contributed by atoms with E-state index in [-0.39, 0.29) is 11.3 Å². The maximum absolute atomic E-state index is 13.0. The standard InChI is InChI=1S/C16H16N2O4S/c1-11-6-5-9-13-14(10-15(19)17-20)18(23(21,22)16(11)13)12-7-3-2-4-8-12/h2-9,14,20H,10H2,1H3,(H,17,19). The molecule has 1 heterocycles. The van der Waals surface area contributed by atoms with Crippen LogP contribution in [0.25, 0.3) is 0 Å². The Balaban J connectivity index is 2.21. The summed E-state index contributed by atoms with van der Waals surface area (Å²) in [6, 6.07) is 13.2. The number of sulfonamides is 1. The van der Waals surface area contributed by atoms with Crippen LogP contribution in [0, 0.1) is 6.92 Å². The second-order valence-corrected chi connectivity index (χ2v) is 7.14. The Morgan fingerprint density at radius 1 is 1.17 bits per heavy atom. The van der Waals surface area contributed by atoms with Crippen molar-refractivity contribution in [2.45, 2.75) is 24.3 Å². The molecular formula is C16H16N2O4S.